The Bertz CT molecular complexity index is 429. The zero-order chi connectivity index (χ0) is 13.0. The fraction of sp³-hybridized carbons (Fsp3) is 0.308. The van der Waals surface area contributed by atoms with Crippen molar-refractivity contribution in [2.45, 2.75) is 19.9 Å². The monoisotopic (exact) mass is 297 g/mol. The maximum atomic E-state index is 12.2. The van der Waals surface area contributed by atoms with E-state index in [4.69, 9.17) is 0 Å². The molecule has 4 heteroatoms. The van der Waals surface area contributed by atoms with Crippen molar-refractivity contribution >= 4 is 21.8 Å². The molecule has 1 amide bonds. The number of phenols is 1. The molecule has 0 saturated carbocycles. The first kappa shape index (κ1) is 13.8. The highest BCUT2D eigenvalue weighted by Gasteiger charge is 2.20. The van der Waals surface area contributed by atoms with E-state index in [-0.39, 0.29) is 17.7 Å². The van der Waals surface area contributed by atoms with Crippen LogP contribution in [0.25, 0.3) is 0 Å². The number of halogens is 1. The van der Waals surface area contributed by atoms with E-state index in [1.807, 2.05) is 13.8 Å². The van der Waals surface area contributed by atoms with Crippen LogP contribution in [0.4, 0.5) is 0 Å². The van der Waals surface area contributed by atoms with Crippen molar-refractivity contribution in [2.75, 3.05) is 6.54 Å². The van der Waals surface area contributed by atoms with Crippen molar-refractivity contribution < 1.29 is 9.90 Å². The molecule has 3 nitrogen and oxygen atoms in total. The molecule has 17 heavy (non-hydrogen) atoms. The van der Waals surface area contributed by atoms with Crippen LogP contribution in [-0.4, -0.2) is 28.5 Å². The molecule has 0 fully saturated rings. The molecule has 0 aromatic heterocycles. The average molecular weight is 298 g/mol. The summed E-state index contributed by atoms with van der Waals surface area (Å²) in [5.74, 6) is -0.205. The number of benzene rings is 1. The summed E-state index contributed by atoms with van der Waals surface area (Å²) in [7, 11) is 0. The quantitative estimate of drug-likeness (QED) is 0.867. The van der Waals surface area contributed by atoms with Gasteiger partial charge in [0, 0.05) is 17.1 Å². The first-order chi connectivity index (χ1) is 7.97. The lowest BCUT2D eigenvalue weighted by molar-refractivity contribution is 0.0725. The molecule has 0 radical (unpaired) electrons. The fourth-order valence-corrected chi connectivity index (χ4v) is 1.86. The molecule has 0 aliphatic heterocycles. The number of amides is 1. The van der Waals surface area contributed by atoms with Crippen LogP contribution in [0.1, 0.15) is 24.2 Å². The van der Waals surface area contributed by atoms with Crippen molar-refractivity contribution in [3.8, 4) is 5.75 Å². The predicted molar refractivity (Wildman–Crippen MR) is 72.2 cm³/mol. The van der Waals surface area contributed by atoms with Gasteiger partial charge in [0.1, 0.15) is 5.75 Å². The van der Waals surface area contributed by atoms with Crippen LogP contribution in [0.5, 0.6) is 5.75 Å². The highest BCUT2D eigenvalue weighted by molar-refractivity contribution is 9.10. The second kappa shape index (κ2) is 5.87. The molecule has 1 aromatic rings. The van der Waals surface area contributed by atoms with Crippen molar-refractivity contribution in [1.29, 1.82) is 0 Å². The van der Waals surface area contributed by atoms with Gasteiger partial charge in [0.2, 0.25) is 0 Å². The van der Waals surface area contributed by atoms with Crippen LogP contribution in [0.2, 0.25) is 0 Å². The zero-order valence-corrected chi connectivity index (χ0v) is 11.6. The zero-order valence-electron chi connectivity index (χ0n) is 9.98. The van der Waals surface area contributed by atoms with Crippen LogP contribution < -0.4 is 0 Å². The summed E-state index contributed by atoms with van der Waals surface area (Å²) in [4.78, 5) is 13.9. The van der Waals surface area contributed by atoms with Gasteiger partial charge in [0.15, 0.2) is 0 Å². The molecule has 0 heterocycles. The Morgan fingerprint density at radius 1 is 1.59 bits per heavy atom. The van der Waals surface area contributed by atoms with Gasteiger partial charge >= 0.3 is 0 Å². The lowest BCUT2D eigenvalue weighted by Gasteiger charge is -2.25. The van der Waals surface area contributed by atoms with Gasteiger partial charge in [0.25, 0.3) is 5.91 Å². The molecule has 0 aliphatic rings. The standard InChI is InChI=1S/C13H16BrNO2/c1-4-7-15(9(2)3)13(17)11-6-5-10(14)8-12(11)16/h4-6,8-9,16H,1,7H2,2-3H3. The Morgan fingerprint density at radius 3 is 2.71 bits per heavy atom. The van der Waals surface area contributed by atoms with E-state index in [0.717, 1.165) is 4.47 Å². The van der Waals surface area contributed by atoms with E-state index in [1.165, 1.54) is 6.07 Å². The van der Waals surface area contributed by atoms with Gasteiger partial charge in [-0.3, -0.25) is 4.79 Å². The second-order valence-corrected chi connectivity index (χ2v) is 4.92. The molecule has 92 valence electrons. The number of carbonyl (C=O) groups is 1. The molecule has 0 saturated heterocycles. The summed E-state index contributed by atoms with van der Waals surface area (Å²) in [6, 6.07) is 4.92. The minimum Gasteiger partial charge on any atom is -0.507 e. The van der Waals surface area contributed by atoms with Crippen LogP contribution in [0.3, 0.4) is 0 Å². The number of carbonyl (C=O) groups excluding carboxylic acids is 1. The summed E-state index contributed by atoms with van der Waals surface area (Å²) in [5, 5.41) is 9.76. The first-order valence-corrected chi connectivity index (χ1v) is 6.17. The SMILES string of the molecule is C=CCN(C(=O)c1ccc(Br)cc1O)C(C)C. The number of hydrogen-bond donors (Lipinski definition) is 1. The van der Waals surface area contributed by atoms with E-state index in [0.29, 0.717) is 12.1 Å². The topological polar surface area (TPSA) is 40.5 Å². The third-order valence-corrected chi connectivity index (χ3v) is 2.89. The van der Waals surface area contributed by atoms with E-state index >= 15 is 0 Å². The van der Waals surface area contributed by atoms with Crippen LogP contribution in [0, 0.1) is 0 Å². The van der Waals surface area contributed by atoms with Crippen molar-refractivity contribution in [1.82, 2.24) is 4.90 Å². The summed E-state index contributed by atoms with van der Waals surface area (Å²) in [5.41, 5.74) is 0.309. The van der Waals surface area contributed by atoms with Gasteiger partial charge in [-0.2, -0.15) is 0 Å². The number of aromatic hydroxyl groups is 1. The second-order valence-electron chi connectivity index (χ2n) is 4.00. The van der Waals surface area contributed by atoms with Gasteiger partial charge in [-0.05, 0) is 32.0 Å². The number of hydrogen-bond acceptors (Lipinski definition) is 2. The number of phenolic OH excluding ortho intramolecular Hbond substituents is 1. The molecule has 0 atom stereocenters. The Morgan fingerprint density at radius 2 is 2.24 bits per heavy atom. The lowest BCUT2D eigenvalue weighted by Crippen LogP contribution is -2.37. The molecular formula is C13H16BrNO2. The number of rotatable bonds is 4. The number of nitrogens with zero attached hydrogens (tertiary/aromatic N) is 1. The smallest absolute Gasteiger partial charge is 0.258 e. The van der Waals surface area contributed by atoms with Crippen LogP contribution in [0.15, 0.2) is 35.3 Å². The maximum Gasteiger partial charge on any atom is 0.258 e. The molecule has 1 N–H and O–H groups in total. The summed E-state index contributed by atoms with van der Waals surface area (Å²) in [6.45, 7) is 7.95. The summed E-state index contributed by atoms with van der Waals surface area (Å²) < 4.78 is 0.742. The predicted octanol–water partition coefficient (Wildman–Crippen LogP) is 3.19. The van der Waals surface area contributed by atoms with Gasteiger partial charge in [-0.25, -0.2) is 0 Å². The first-order valence-electron chi connectivity index (χ1n) is 5.37. The summed E-state index contributed by atoms with van der Waals surface area (Å²) >= 11 is 3.24. The lowest BCUT2D eigenvalue weighted by atomic mass is 10.1. The van der Waals surface area contributed by atoms with Gasteiger partial charge in [-0.15, -0.1) is 6.58 Å². The van der Waals surface area contributed by atoms with Crippen molar-refractivity contribution in [3.05, 3.63) is 40.9 Å². The van der Waals surface area contributed by atoms with Crippen LogP contribution >= 0.6 is 15.9 Å². The molecule has 1 aromatic carbocycles. The van der Waals surface area contributed by atoms with E-state index in [9.17, 15) is 9.90 Å². The van der Waals surface area contributed by atoms with Crippen molar-refractivity contribution in [2.24, 2.45) is 0 Å². The van der Waals surface area contributed by atoms with Crippen LogP contribution in [-0.2, 0) is 0 Å². The largest absolute Gasteiger partial charge is 0.507 e. The highest BCUT2D eigenvalue weighted by Crippen LogP contribution is 2.24. The highest BCUT2D eigenvalue weighted by atomic mass is 79.9. The molecule has 1 rings (SSSR count). The molecule has 0 unspecified atom stereocenters. The minimum atomic E-state index is -0.190. The van der Waals surface area contributed by atoms with Gasteiger partial charge in [-0.1, -0.05) is 22.0 Å². The Kier molecular flexibility index (Phi) is 4.75. The Labute approximate surface area is 110 Å². The molecule has 0 spiro atoms. The molecular weight excluding hydrogens is 282 g/mol. The third-order valence-electron chi connectivity index (χ3n) is 2.40. The average Bonchev–Trinajstić information content (AvgIpc) is 2.24. The van der Waals surface area contributed by atoms with Gasteiger partial charge in [0.05, 0.1) is 5.56 Å². The van der Waals surface area contributed by atoms with Gasteiger partial charge < -0.3 is 10.0 Å². The normalized spacial score (nSPS) is 10.4. The fourth-order valence-electron chi connectivity index (χ4n) is 1.51. The summed E-state index contributed by atoms with van der Waals surface area (Å²) in [6.07, 6.45) is 1.67. The van der Waals surface area contributed by atoms with E-state index < -0.39 is 0 Å². The Balaban J connectivity index is 3.05. The maximum absolute atomic E-state index is 12.2. The molecule has 0 aliphatic carbocycles. The molecule has 0 bridgehead atoms. The van der Waals surface area contributed by atoms with Crippen molar-refractivity contribution in [3.63, 3.8) is 0 Å². The Hall–Kier alpha value is -1.29. The minimum absolute atomic E-state index is 0.0147. The third kappa shape index (κ3) is 3.33. The van der Waals surface area contributed by atoms with E-state index in [2.05, 4.69) is 22.5 Å². The van der Waals surface area contributed by atoms with E-state index in [1.54, 1.807) is 23.1 Å².